The number of hydrogen-bond acceptors (Lipinski definition) is 3. The topological polar surface area (TPSA) is 66.0 Å². The van der Waals surface area contributed by atoms with Gasteiger partial charge in [0, 0.05) is 24.8 Å². The van der Waals surface area contributed by atoms with Gasteiger partial charge >= 0.3 is 0 Å². The molecular formula is C15H18N4. The van der Waals surface area contributed by atoms with E-state index in [1.54, 1.807) is 6.20 Å². The zero-order valence-electron chi connectivity index (χ0n) is 11.0. The Morgan fingerprint density at radius 3 is 2.58 bits per heavy atom. The second-order valence-corrected chi connectivity index (χ2v) is 4.56. The molecule has 0 aliphatic heterocycles. The number of pyridine rings is 1. The minimum Gasteiger partial charge on any atom is -0.384 e. The molecule has 3 N–H and O–H groups in total. The van der Waals surface area contributed by atoms with Crippen LogP contribution in [0.1, 0.15) is 16.8 Å². The minimum absolute atomic E-state index is 0.113. The summed E-state index contributed by atoms with van der Waals surface area (Å²) in [4.78, 5) is 6.47. The van der Waals surface area contributed by atoms with Crippen molar-refractivity contribution in [1.29, 1.82) is 5.41 Å². The van der Waals surface area contributed by atoms with Crippen LogP contribution in [0.15, 0.2) is 48.7 Å². The quantitative estimate of drug-likeness (QED) is 0.633. The largest absolute Gasteiger partial charge is 0.384 e. The van der Waals surface area contributed by atoms with Crippen LogP contribution in [-0.2, 0) is 13.1 Å². The van der Waals surface area contributed by atoms with Gasteiger partial charge in [0.1, 0.15) is 5.84 Å². The predicted octanol–water partition coefficient (Wildman–Crippen LogP) is 2.00. The molecule has 0 aliphatic carbocycles. The highest BCUT2D eigenvalue weighted by Crippen LogP contribution is 2.11. The standard InChI is InChI=1S/C15H18N4/c1-19(11-13-7-4-5-9-18-13)10-12-6-2-3-8-14(12)15(16)17/h2-9H,10-11H2,1H3,(H3,16,17). The van der Waals surface area contributed by atoms with Crippen LogP contribution in [0.2, 0.25) is 0 Å². The summed E-state index contributed by atoms with van der Waals surface area (Å²) in [6, 6.07) is 13.7. The average molecular weight is 254 g/mol. The summed E-state index contributed by atoms with van der Waals surface area (Å²) in [5, 5.41) is 7.59. The van der Waals surface area contributed by atoms with Crippen molar-refractivity contribution in [2.24, 2.45) is 5.73 Å². The van der Waals surface area contributed by atoms with E-state index in [-0.39, 0.29) is 5.84 Å². The molecule has 0 spiro atoms. The van der Waals surface area contributed by atoms with Crippen LogP contribution in [0.4, 0.5) is 0 Å². The Morgan fingerprint density at radius 2 is 1.89 bits per heavy atom. The van der Waals surface area contributed by atoms with E-state index in [4.69, 9.17) is 11.1 Å². The first-order valence-corrected chi connectivity index (χ1v) is 6.17. The highest BCUT2D eigenvalue weighted by Gasteiger charge is 2.08. The van der Waals surface area contributed by atoms with Crippen LogP contribution in [0, 0.1) is 5.41 Å². The maximum atomic E-state index is 7.59. The summed E-state index contributed by atoms with van der Waals surface area (Å²) < 4.78 is 0. The maximum absolute atomic E-state index is 7.59. The summed E-state index contributed by atoms with van der Waals surface area (Å²) in [6.45, 7) is 1.51. The average Bonchev–Trinajstić information content (AvgIpc) is 2.40. The smallest absolute Gasteiger partial charge is 0.123 e. The summed E-state index contributed by atoms with van der Waals surface area (Å²) in [5.41, 5.74) is 8.49. The maximum Gasteiger partial charge on any atom is 0.123 e. The molecule has 0 radical (unpaired) electrons. The van der Waals surface area contributed by atoms with Crippen LogP contribution < -0.4 is 5.73 Å². The molecular weight excluding hydrogens is 236 g/mol. The van der Waals surface area contributed by atoms with Gasteiger partial charge in [0.05, 0.1) is 5.69 Å². The fraction of sp³-hybridized carbons (Fsp3) is 0.200. The van der Waals surface area contributed by atoms with E-state index in [0.29, 0.717) is 0 Å². The van der Waals surface area contributed by atoms with Crippen molar-refractivity contribution in [1.82, 2.24) is 9.88 Å². The second-order valence-electron chi connectivity index (χ2n) is 4.56. The molecule has 0 aliphatic rings. The Bertz CT molecular complexity index is 551. The Hall–Kier alpha value is -2.20. The van der Waals surface area contributed by atoms with Crippen LogP contribution >= 0.6 is 0 Å². The van der Waals surface area contributed by atoms with E-state index in [1.807, 2.05) is 49.5 Å². The monoisotopic (exact) mass is 254 g/mol. The third-order valence-corrected chi connectivity index (χ3v) is 2.91. The molecule has 4 heteroatoms. The molecule has 2 aromatic rings. The van der Waals surface area contributed by atoms with Crippen LogP contribution in [0.3, 0.4) is 0 Å². The molecule has 0 amide bonds. The number of nitrogens with zero attached hydrogens (tertiary/aromatic N) is 2. The molecule has 1 aromatic carbocycles. The van der Waals surface area contributed by atoms with Crippen molar-refractivity contribution in [3.63, 3.8) is 0 Å². The lowest BCUT2D eigenvalue weighted by atomic mass is 10.1. The lowest BCUT2D eigenvalue weighted by Crippen LogP contribution is -2.21. The van der Waals surface area contributed by atoms with E-state index in [1.165, 1.54) is 0 Å². The van der Waals surface area contributed by atoms with Gasteiger partial charge in [-0.05, 0) is 24.7 Å². The Labute approximate surface area is 113 Å². The Morgan fingerprint density at radius 1 is 1.16 bits per heavy atom. The van der Waals surface area contributed by atoms with Gasteiger partial charge in [-0.25, -0.2) is 0 Å². The summed E-state index contributed by atoms with van der Waals surface area (Å²) >= 11 is 0. The molecule has 0 unspecified atom stereocenters. The normalized spacial score (nSPS) is 10.6. The van der Waals surface area contributed by atoms with Crippen molar-refractivity contribution in [2.45, 2.75) is 13.1 Å². The number of rotatable bonds is 5. The van der Waals surface area contributed by atoms with Gasteiger partial charge in [-0.3, -0.25) is 15.3 Å². The predicted molar refractivity (Wildman–Crippen MR) is 76.9 cm³/mol. The third-order valence-electron chi connectivity index (χ3n) is 2.91. The first-order chi connectivity index (χ1) is 9.16. The molecule has 4 nitrogen and oxygen atoms in total. The molecule has 0 fully saturated rings. The SMILES string of the molecule is CN(Cc1ccccn1)Cc1ccccc1C(=N)N. The number of nitrogen functional groups attached to an aromatic ring is 1. The zero-order valence-corrected chi connectivity index (χ0v) is 11.0. The van der Waals surface area contributed by atoms with Crippen molar-refractivity contribution in [2.75, 3.05) is 7.05 Å². The van der Waals surface area contributed by atoms with Crippen molar-refractivity contribution in [3.8, 4) is 0 Å². The highest BCUT2D eigenvalue weighted by atomic mass is 15.1. The van der Waals surface area contributed by atoms with Gasteiger partial charge in [-0.1, -0.05) is 30.3 Å². The number of benzene rings is 1. The molecule has 0 saturated heterocycles. The lowest BCUT2D eigenvalue weighted by molar-refractivity contribution is 0.315. The second kappa shape index (κ2) is 6.11. The van der Waals surface area contributed by atoms with Gasteiger partial charge < -0.3 is 5.73 Å². The number of amidine groups is 1. The van der Waals surface area contributed by atoms with E-state index >= 15 is 0 Å². The molecule has 0 atom stereocenters. The summed E-state index contributed by atoms with van der Waals surface area (Å²) in [7, 11) is 2.03. The van der Waals surface area contributed by atoms with Gasteiger partial charge in [0.15, 0.2) is 0 Å². The molecule has 1 heterocycles. The first-order valence-electron chi connectivity index (χ1n) is 6.17. The zero-order chi connectivity index (χ0) is 13.7. The molecule has 19 heavy (non-hydrogen) atoms. The number of nitrogens with two attached hydrogens (primary N) is 1. The molecule has 1 aromatic heterocycles. The van der Waals surface area contributed by atoms with Gasteiger partial charge in [-0.15, -0.1) is 0 Å². The van der Waals surface area contributed by atoms with E-state index in [2.05, 4.69) is 9.88 Å². The Kier molecular flexibility index (Phi) is 4.26. The summed E-state index contributed by atoms with van der Waals surface area (Å²) in [5.74, 6) is 0.113. The minimum atomic E-state index is 0.113. The molecule has 98 valence electrons. The van der Waals surface area contributed by atoms with Crippen LogP contribution in [0.25, 0.3) is 0 Å². The third kappa shape index (κ3) is 3.63. The van der Waals surface area contributed by atoms with Crippen LogP contribution in [-0.4, -0.2) is 22.8 Å². The van der Waals surface area contributed by atoms with Crippen molar-refractivity contribution >= 4 is 5.84 Å². The number of aromatic nitrogens is 1. The lowest BCUT2D eigenvalue weighted by Gasteiger charge is -2.18. The van der Waals surface area contributed by atoms with Crippen molar-refractivity contribution < 1.29 is 0 Å². The van der Waals surface area contributed by atoms with Gasteiger partial charge in [0.25, 0.3) is 0 Å². The van der Waals surface area contributed by atoms with Crippen LogP contribution in [0.5, 0.6) is 0 Å². The van der Waals surface area contributed by atoms with Gasteiger partial charge in [0.2, 0.25) is 0 Å². The Balaban J connectivity index is 2.07. The summed E-state index contributed by atoms with van der Waals surface area (Å²) in [6.07, 6.45) is 1.80. The first kappa shape index (κ1) is 13.2. The number of nitrogens with one attached hydrogen (secondary N) is 1. The number of hydrogen-bond donors (Lipinski definition) is 2. The molecule has 2 rings (SSSR count). The van der Waals surface area contributed by atoms with E-state index in [9.17, 15) is 0 Å². The fourth-order valence-electron chi connectivity index (χ4n) is 2.04. The van der Waals surface area contributed by atoms with E-state index in [0.717, 1.165) is 29.9 Å². The van der Waals surface area contributed by atoms with Crippen molar-refractivity contribution in [3.05, 3.63) is 65.5 Å². The van der Waals surface area contributed by atoms with E-state index < -0.39 is 0 Å². The molecule has 0 saturated carbocycles. The molecule has 0 bridgehead atoms. The highest BCUT2D eigenvalue weighted by molar-refractivity contribution is 5.96. The fourth-order valence-corrected chi connectivity index (χ4v) is 2.04. The van der Waals surface area contributed by atoms with Gasteiger partial charge in [-0.2, -0.15) is 0 Å².